The van der Waals surface area contributed by atoms with Crippen molar-refractivity contribution in [2.75, 3.05) is 0 Å². The fourth-order valence-electron chi connectivity index (χ4n) is 2.52. The Bertz CT molecular complexity index is 742. The van der Waals surface area contributed by atoms with Crippen LogP contribution in [-0.4, -0.2) is 22.6 Å². The molecule has 0 radical (unpaired) electrons. The van der Waals surface area contributed by atoms with E-state index >= 15 is 0 Å². The molecule has 5 heteroatoms. The van der Waals surface area contributed by atoms with Crippen molar-refractivity contribution in [3.05, 3.63) is 53.2 Å². The number of fused-ring (bicyclic) bond motifs is 1. The third-order valence-electron chi connectivity index (χ3n) is 3.61. The second kappa shape index (κ2) is 6.61. The van der Waals surface area contributed by atoms with Crippen LogP contribution in [0.2, 0.25) is 0 Å². The van der Waals surface area contributed by atoms with Crippen molar-refractivity contribution in [2.45, 2.75) is 45.4 Å². The lowest BCUT2D eigenvalue weighted by molar-refractivity contribution is -0.157. The van der Waals surface area contributed by atoms with Crippen molar-refractivity contribution in [3.63, 3.8) is 0 Å². The van der Waals surface area contributed by atoms with Crippen LogP contribution in [0.4, 0.5) is 0 Å². The van der Waals surface area contributed by atoms with Crippen LogP contribution in [0.25, 0.3) is 12.2 Å². The van der Waals surface area contributed by atoms with Gasteiger partial charge in [0.25, 0.3) is 0 Å². The van der Waals surface area contributed by atoms with Gasteiger partial charge in [-0.25, -0.2) is 4.98 Å². The van der Waals surface area contributed by atoms with Crippen LogP contribution >= 0.6 is 0 Å². The monoisotopic (exact) mass is 326 g/mol. The molecule has 2 heterocycles. The highest BCUT2D eigenvalue weighted by molar-refractivity contribution is 5.77. The standard InChI is InChI=1S/C19H22N2O3/c1-19(2,3)24-18(22)15-11-14-16(12-20-15)23-17(21-14)10-9-13-7-5-4-6-8-13/h4-10,15,20H,11-12H2,1-3H3. The first-order valence-corrected chi connectivity index (χ1v) is 8.09. The summed E-state index contributed by atoms with van der Waals surface area (Å²) in [6.07, 6.45) is 4.28. The molecule has 1 aromatic carbocycles. The van der Waals surface area contributed by atoms with Crippen LogP contribution < -0.4 is 5.32 Å². The number of hydrogen-bond donors (Lipinski definition) is 1. The molecule has 1 aromatic heterocycles. The van der Waals surface area contributed by atoms with E-state index in [1.54, 1.807) is 0 Å². The molecule has 0 spiro atoms. The van der Waals surface area contributed by atoms with Gasteiger partial charge in [0.15, 0.2) is 0 Å². The summed E-state index contributed by atoms with van der Waals surface area (Å²) in [5.41, 5.74) is 1.41. The van der Waals surface area contributed by atoms with Gasteiger partial charge in [-0.15, -0.1) is 0 Å². The first-order valence-electron chi connectivity index (χ1n) is 8.09. The summed E-state index contributed by atoms with van der Waals surface area (Å²) in [5, 5.41) is 3.15. The lowest BCUT2D eigenvalue weighted by Gasteiger charge is -2.26. The molecule has 5 nitrogen and oxygen atoms in total. The Balaban J connectivity index is 1.69. The van der Waals surface area contributed by atoms with E-state index in [4.69, 9.17) is 9.15 Å². The van der Waals surface area contributed by atoms with Gasteiger partial charge in [0.1, 0.15) is 17.4 Å². The maximum Gasteiger partial charge on any atom is 0.324 e. The highest BCUT2D eigenvalue weighted by Crippen LogP contribution is 2.21. The number of nitrogens with one attached hydrogen (secondary N) is 1. The van der Waals surface area contributed by atoms with E-state index in [0.717, 1.165) is 17.0 Å². The van der Waals surface area contributed by atoms with E-state index in [-0.39, 0.29) is 12.0 Å². The Morgan fingerprint density at radius 2 is 2.04 bits per heavy atom. The van der Waals surface area contributed by atoms with Crippen LogP contribution in [0.1, 0.15) is 43.7 Å². The fourth-order valence-corrected chi connectivity index (χ4v) is 2.52. The van der Waals surface area contributed by atoms with Gasteiger partial charge >= 0.3 is 5.97 Å². The molecule has 0 bridgehead atoms. The van der Waals surface area contributed by atoms with Gasteiger partial charge in [0.2, 0.25) is 5.89 Å². The number of esters is 1. The summed E-state index contributed by atoms with van der Waals surface area (Å²) in [5.74, 6) is 1.08. The molecule has 0 aliphatic carbocycles. The number of hydrogen-bond acceptors (Lipinski definition) is 5. The maximum atomic E-state index is 12.2. The van der Waals surface area contributed by atoms with E-state index in [0.29, 0.717) is 18.9 Å². The number of aromatic nitrogens is 1. The van der Waals surface area contributed by atoms with Gasteiger partial charge in [0, 0.05) is 12.5 Å². The highest BCUT2D eigenvalue weighted by Gasteiger charge is 2.31. The van der Waals surface area contributed by atoms with E-state index in [1.807, 2.05) is 63.3 Å². The topological polar surface area (TPSA) is 64.4 Å². The predicted molar refractivity (Wildman–Crippen MR) is 92.0 cm³/mol. The van der Waals surface area contributed by atoms with Crippen LogP contribution in [0.5, 0.6) is 0 Å². The number of carbonyl (C=O) groups excluding carboxylic acids is 1. The molecule has 3 rings (SSSR count). The number of nitrogens with zero attached hydrogens (tertiary/aromatic N) is 1. The van der Waals surface area contributed by atoms with E-state index in [2.05, 4.69) is 10.3 Å². The van der Waals surface area contributed by atoms with E-state index < -0.39 is 5.60 Å². The zero-order chi connectivity index (χ0) is 17.2. The maximum absolute atomic E-state index is 12.2. The Kier molecular flexibility index (Phi) is 4.53. The quantitative estimate of drug-likeness (QED) is 0.878. The third kappa shape index (κ3) is 4.11. The molecular formula is C19H22N2O3. The molecule has 0 fully saturated rings. The fraction of sp³-hybridized carbons (Fsp3) is 0.368. The number of ether oxygens (including phenoxy) is 1. The normalized spacial score (nSPS) is 17.7. The molecule has 1 atom stereocenters. The van der Waals surface area contributed by atoms with E-state index in [9.17, 15) is 4.79 Å². The Morgan fingerprint density at radius 1 is 1.29 bits per heavy atom. The summed E-state index contributed by atoms with van der Waals surface area (Å²) in [7, 11) is 0. The van der Waals surface area contributed by atoms with Crippen molar-refractivity contribution < 1.29 is 13.9 Å². The van der Waals surface area contributed by atoms with Crippen LogP contribution in [-0.2, 0) is 22.5 Å². The Hall–Kier alpha value is -2.40. The summed E-state index contributed by atoms with van der Waals surface area (Å²) < 4.78 is 11.2. The summed E-state index contributed by atoms with van der Waals surface area (Å²) >= 11 is 0. The molecule has 0 saturated heterocycles. The van der Waals surface area contributed by atoms with Crippen molar-refractivity contribution in [1.82, 2.24) is 10.3 Å². The average Bonchev–Trinajstić information content (AvgIpc) is 2.94. The van der Waals surface area contributed by atoms with Gasteiger partial charge in [-0.3, -0.25) is 10.1 Å². The van der Waals surface area contributed by atoms with Gasteiger partial charge in [-0.1, -0.05) is 30.3 Å². The molecule has 1 N–H and O–H groups in total. The summed E-state index contributed by atoms with van der Waals surface area (Å²) in [6.45, 7) is 6.07. The lowest BCUT2D eigenvalue weighted by atomic mass is 10.1. The first kappa shape index (κ1) is 16.5. The number of oxazole rings is 1. The predicted octanol–water partition coefficient (Wildman–Crippen LogP) is 3.20. The number of benzene rings is 1. The van der Waals surface area contributed by atoms with Crippen LogP contribution in [0.15, 0.2) is 34.7 Å². The summed E-state index contributed by atoms with van der Waals surface area (Å²) in [6, 6.07) is 9.58. The molecule has 1 aliphatic heterocycles. The molecule has 24 heavy (non-hydrogen) atoms. The minimum atomic E-state index is -0.494. The summed E-state index contributed by atoms with van der Waals surface area (Å²) in [4.78, 5) is 16.7. The van der Waals surface area contributed by atoms with Crippen molar-refractivity contribution in [1.29, 1.82) is 0 Å². The smallest absolute Gasteiger partial charge is 0.324 e. The molecule has 0 amide bonds. The SMILES string of the molecule is CC(C)(C)OC(=O)C1Cc2nc(C=Cc3ccccc3)oc2CN1. The molecule has 0 saturated carbocycles. The highest BCUT2D eigenvalue weighted by atomic mass is 16.6. The van der Waals surface area contributed by atoms with Crippen molar-refractivity contribution in [2.24, 2.45) is 0 Å². The minimum absolute atomic E-state index is 0.252. The van der Waals surface area contributed by atoms with Gasteiger partial charge in [-0.2, -0.15) is 0 Å². The molecule has 126 valence electrons. The van der Waals surface area contributed by atoms with Crippen molar-refractivity contribution >= 4 is 18.1 Å². The average molecular weight is 326 g/mol. The van der Waals surface area contributed by atoms with E-state index in [1.165, 1.54) is 0 Å². The molecular weight excluding hydrogens is 304 g/mol. The molecule has 2 aromatic rings. The van der Waals surface area contributed by atoms with Gasteiger partial charge < -0.3 is 9.15 Å². The van der Waals surface area contributed by atoms with Crippen molar-refractivity contribution in [3.8, 4) is 0 Å². The second-order valence-electron chi connectivity index (χ2n) is 6.84. The zero-order valence-corrected chi connectivity index (χ0v) is 14.2. The van der Waals surface area contributed by atoms with Gasteiger partial charge in [0.05, 0.1) is 12.2 Å². The Labute approximate surface area is 141 Å². The number of carbonyl (C=O) groups is 1. The molecule has 1 aliphatic rings. The number of rotatable bonds is 3. The van der Waals surface area contributed by atoms with Crippen LogP contribution in [0, 0.1) is 0 Å². The second-order valence-corrected chi connectivity index (χ2v) is 6.84. The van der Waals surface area contributed by atoms with Crippen LogP contribution in [0.3, 0.4) is 0 Å². The largest absolute Gasteiger partial charge is 0.459 e. The molecule has 1 unspecified atom stereocenters. The first-order chi connectivity index (χ1) is 11.4. The minimum Gasteiger partial charge on any atom is -0.459 e. The third-order valence-corrected chi connectivity index (χ3v) is 3.61. The van der Waals surface area contributed by atoms with Gasteiger partial charge in [-0.05, 0) is 32.4 Å². The zero-order valence-electron chi connectivity index (χ0n) is 14.2. The Morgan fingerprint density at radius 3 is 2.75 bits per heavy atom. The lowest BCUT2D eigenvalue weighted by Crippen LogP contribution is -2.44.